The fraction of sp³-hybridized carbons (Fsp3) is 0.360. The Kier molecular flexibility index (Phi) is 6.39. The molecule has 1 aromatic heterocycles. The van der Waals surface area contributed by atoms with E-state index in [1.807, 2.05) is 65.0 Å². The maximum atomic E-state index is 13.2. The Morgan fingerprint density at radius 2 is 1.58 bits per heavy atom. The summed E-state index contributed by atoms with van der Waals surface area (Å²) in [5.74, 6) is -0.798. The third-order valence-electron chi connectivity index (χ3n) is 5.20. The average Bonchev–Trinajstić information content (AvgIpc) is 2.72. The van der Waals surface area contributed by atoms with Gasteiger partial charge in [0, 0.05) is 12.1 Å². The van der Waals surface area contributed by atoms with Crippen LogP contribution < -0.4 is 0 Å². The number of ether oxygens (including phenoxy) is 1. The Labute approximate surface area is 183 Å². The fourth-order valence-corrected chi connectivity index (χ4v) is 3.27. The van der Waals surface area contributed by atoms with Gasteiger partial charge in [0.25, 0.3) is 5.91 Å². The minimum absolute atomic E-state index is 0.239. The third-order valence-corrected chi connectivity index (χ3v) is 5.20. The van der Waals surface area contributed by atoms with Gasteiger partial charge in [-0.3, -0.25) is 4.79 Å². The highest BCUT2D eigenvalue weighted by molar-refractivity contribution is 5.95. The van der Waals surface area contributed by atoms with Gasteiger partial charge in [-0.15, -0.1) is 0 Å². The van der Waals surface area contributed by atoms with E-state index in [4.69, 9.17) is 4.74 Å². The Bertz CT molecular complexity index is 1100. The molecule has 0 aliphatic rings. The second kappa shape index (κ2) is 8.84. The zero-order chi connectivity index (χ0) is 22.8. The van der Waals surface area contributed by atoms with Crippen molar-refractivity contribution in [2.45, 2.75) is 59.7 Å². The first-order chi connectivity index (χ1) is 14.6. The minimum atomic E-state index is -0.919. The van der Waals surface area contributed by atoms with Gasteiger partial charge in [-0.05, 0) is 65.3 Å². The van der Waals surface area contributed by atoms with Gasteiger partial charge >= 0.3 is 5.97 Å². The summed E-state index contributed by atoms with van der Waals surface area (Å²) >= 11 is 0. The summed E-state index contributed by atoms with van der Waals surface area (Å²) in [5, 5.41) is 0. The van der Waals surface area contributed by atoms with Crippen molar-refractivity contribution in [3.63, 3.8) is 0 Å². The second-order valence-electron chi connectivity index (χ2n) is 8.73. The van der Waals surface area contributed by atoms with E-state index >= 15 is 0 Å². The molecule has 162 valence electrons. The van der Waals surface area contributed by atoms with Crippen LogP contribution in [0, 0.1) is 13.8 Å². The Balaban J connectivity index is 1.77. The molecule has 0 fully saturated rings. The lowest BCUT2D eigenvalue weighted by atomic mass is 10.0. The largest absolute Gasteiger partial charge is 0.449 e. The molecule has 3 rings (SSSR count). The van der Waals surface area contributed by atoms with E-state index in [9.17, 15) is 9.59 Å². The Morgan fingerprint density at radius 1 is 0.968 bits per heavy atom. The van der Waals surface area contributed by atoms with Gasteiger partial charge in [0.1, 0.15) is 0 Å². The molecule has 0 N–H and O–H groups in total. The molecule has 0 radical (unpaired) electrons. The molecule has 1 amide bonds. The highest BCUT2D eigenvalue weighted by Crippen LogP contribution is 2.21. The summed E-state index contributed by atoms with van der Waals surface area (Å²) in [7, 11) is 0. The lowest BCUT2D eigenvalue weighted by Crippen LogP contribution is -2.49. The summed E-state index contributed by atoms with van der Waals surface area (Å²) in [5.41, 5.74) is 3.92. The van der Waals surface area contributed by atoms with Gasteiger partial charge < -0.3 is 9.64 Å². The molecule has 0 unspecified atom stereocenters. The Morgan fingerprint density at radius 3 is 2.19 bits per heavy atom. The van der Waals surface area contributed by atoms with E-state index < -0.39 is 17.6 Å². The molecule has 2 aromatic carbocycles. The van der Waals surface area contributed by atoms with Gasteiger partial charge in [-0.25, -0.2) is 14.8 Å². The number of carbonyl (C=O) groups excluding carboxylic acids is 2. The first-order valence-electron chi connectivity index (χ1n) is 10.4. The molecule has 0 saturated heterocycles. The number of aromatic nitrogens is 2. The summed E-state index contributed by atoms with van der Waals surface area (Å²) in [6, 6.07) is 14.8. The second-order valence-corrected chi connectivity index (χ2v) is 8.73. The molecule has 0 aliphatic heterocycles. The smallest absolute Gasteiger partial charge is 0.338 e. The number of rotatable bonds is 5. The number of nitrogens with zero attached hydrogens (tertiary/aromatic N) is 3. The molecular weight excluding hydrogens is 390 g/mol. The van der Waals surface area contributed by atoms with Crippen LogP contribution in [0.4, 0.5) is 0 Å². The molecule has 0 aliphatic carbocycles. The lowest BCUT2D eigenvalue weighted by molar-refractivity contribution is -0.145. The van der Waals surface area contributed by atoms with Crippen LogP contribution in [-0.4, -0.2) is 38.4 Å². The number of amides is 1. The van der Waals surface area contributed by atoms with Crippen LogP contribution in [-0.2, 0) is 16.1 Å². The van der Waals surface area contributed by atoms with Gasteiger partial charge in [0.05, 0.1) is 28.0 Å². The highest BCUT2D eigenvalue weighted by Gasteiger charge is 2.32. The monoisotopic (exact) mass is 419 g/mol. The lowest BCUT2D eigenvalue weighted by Gasteiger charge is -2.37. The van der Waals surface area contributed by atoms with Crippen LogP contribution in [0.3, 0.4) is 0 Å². The van der Waals surface area contributed by atoms with Crippen molar-refractivity contribution in [1.29, 1.82) is 0 Å². The molecule has 0 saturated carbocycles. The van der Waals surface area contributed by atoms with Crippen molar-refractivity contribution in [1.82, 2.24) is 14.9 Å². The summed E-state index contributed by atoms with van der Waals surface area (Å²) in [4.78, 5) is 36.6. The maximum Gasteiger partial charge on any atom is 0.338 e. The molecule has 0 spiro atoms. The molecule has 1 heterocycles. The third kappa shape index (κ3) is 5.26. The quantitative estimate of drug-likeness (QED) is 0.564. The van der Waals surface area contributed by atoms with Crippen LogP contribution >= 0.6 is 0 Å². The van der Waals surface area contributed by atoms with Crippen molar-refractivity contribution in [2.75, 3.05) is 0 Å². The number of benzene rings is 2. The van der Waals surface area contributed by atoms with Gasteiger partial charge in [-0.1, -0.05) is 30.3 Å². The number of aryl methyl sites for hydroxylation is 2. The molecule has 6 heteroatoms. The number of carbonyl (C=O) groups is 2. The van der Waals surface area contributed by atoms with Gasteiger partial charge in [0.2, 0.25) is 0 Å². The van der Waals surface area contributed by atoms with E-state index in [-0.39, 0.29) is 5.91 Å². The molecule has 6 nitrogen and oxygen atoms in total. The van der Waals surface area contributed by atoms with Crippen molar-refractivity contribution in [3.05, 3.63) is 71.0 Å². The summed E-state index contributed by atoms with van der Waals surface area (Å²) in [6.45, 7) is 11.7. The van der Waals surface area contributed by atoms with Crippen molar-refractivity contribution in [2.24, 2.45) is 0 Å². The highest BCUT2D eigenvalue weighted by atomic mass is 16.5. The maximum absolute atomic E-state index is 13.2. The predicted molar refractivity (Wildman–Crippen MR) is 121 cm³/mol. The van der Waals surface area contributed by atoms with Crippen LogP contribution in [0.15, 0.2) is 48.5 Å². The molecule has 1 atom stereocenters. The van der Waals surface area contributed by atoms with Crippen LogP contribution in [0.2, 0.25) is 0 Å². The zero-order valence-corrected chi connectivity index (χ0v) is 19.0. The first-order valence-corrected chi connectivity index (χ1v) is 10.4. The van der Waals surface area contributed by atoms with E-state index in [0.29, 0.717) is 23.1 Å². The molecule has 0 bridgehead atoms. The zero-order valence-electron chi connectivity index (χ0n) is 19.0. The number of hydrogen-bond acceptors (Lipinski definition) is 5. The van der Waals surface area contributed by atoms with Crippen molar-refractivity contribution < 1.29 is 14.3 Å². The first kappa shape index (κ1) is 22.4. The van der Waals surface area contributed by atoms with Crippen LogP contribution in [0.1, 0.15) is 55.0 Å². The summed E-state index contributed by atoms with van der Waals surface area (Å²) in [6.07, 6.45) is -0.919. The van der Waals surface area contributed by atoms with E-state index in [1.54, 1.807) is 30.0 Å². The fourth-order valence-electron chi connectivity index (χ4n) is 3.27. The molecule has 31 heavy (non-hydrogen) atoms. The van der Waals surface area contributed by atoms with Crippen molar-refractivity contribution in [3.8, 4) is 0 Å². The number of fused-ring (bicyclic) bond motifs is 1. The van der Waals surface area contributed by atoms with E-state index in [0.717, 1.165) is 17.0 Å². The van der Waals surface area contributed by atoms with Crippen LogP contribution in [0.25, 0.3) is 11.0 Å². The normalized spacial score (nSPS) is 12.5. The van der Waals surface area contributed by atoms with Gasteiger partial charge in [0.15, 0.2) is 6.10 Å². The van der Waals surface area contributed by atoms with Gasteiger partial charge in [-0.2, -0.15) is 0 Å². The minimum Gasteiger partial charge on any atom is -0.449 e. The standard InChI is InChI=1S/C25H29N3O3/c1-16-17(2)27-22-14-20(12-13-21(22)26-16)24(30)31-18(3)23(29)28(25(4,5)6)15-19-10-8-7-9-11-19/h7-14,18H,15H2,1-6H3/t18-/m1/s1. The van der Waals surface area contributed by atoms with Crippen LogP contribution in [0.5, 0.6) is 0 Å². The number of hydrogen-bond donors (Lipinski definition) is 0. The predicted octanol–water partition coefficient (Wildman–Crippen LogP) is 4.62. The average molecular weight is 420 g/mol. The Hall–Kier alpha value is -3.28. The van der Waals surface area contributed by atoms with Crippen molar-refractivity contribution >= 4 is 22.9 Å². The number of esters is 1. The van der Waals surface area contributed by atoms with E-state index in [1.165, 1.54) is 0 Å². The molecular formula is C25H29N3O3. The van der Waals surface area contributed by atoms with E-state index in [2.05, 4.69) is 9.97 Å². The topological polar surface area (TPSA) is 72.4 Å². The summed E-state index contributed by atoms with van der Waals surface area (Å²) < 4.78 is 5.54. The SMILES string of the molecule is Cc1nc2ccc(C(=O)O[C@H](C)C(=O)N(Cc3ccccc3)C(C)(C)C)cc2nc1C. The molecule has 3 aromatic rings.